The molecule has 1 aromatic carbocycles. The monoisotopic (exact) mass is 221 g/mol. The molecule has 1 aromatic heterocycles. The third-order valence-corrected chi connectivity index (χ3v) is 2.17. The van der Waals surface area contributed by atoms with Crippen LogP contribution in [0.25, 0.3) is 11.0 Å². The van der Waals surface area contributed by atoms with Crippen molar-refractivity contribution in [3.8, 4) is 0 Å². The number of H-pyrrole nitrogens is 1. The number of hydrogen-bond donors (Lipinski definition) is 2. The highest BCUT2D eigenvalue weighted by Gasteiger charge is 2.21. The molecule has 0 aliphatic heterocycles. The predicted molar refractivity (Wildman–Crippen MR) is 54.1 cm³/mol. The maximum atomic E-state index is 10.9. The molecule has 0 aliphatic carbocycles. The van der Waals surface area contributed by atoms with Gasteiger partial charge >= 0.3 is 11.7 Å². The second-order valence-electron chi connectivity index (χ2n) is 3.20. The number of aromatic amines is 1. The number of carbonyl (C=O) groups is 1. The molecule has 0 saturated heterocycles. The van der Waals surface area contributed by atoms with E-state index in [1.54, 1.807) is 6.07 Å². The molecule has 0 radical (unpaired) electrons. The summed E-state index contributed by atoms with van der Waals surface area (Å²) in [5.74, 6) is -1.11. The number of aliphatic carboxylic acids is 1. The van der Waals surface area contributed by atoms with Gasteiger partial charge < -0.3 is 10.1 Å². The van der Waals surface area contributed by atoms with Crippen LogP contribution in [0.4, 0.5) is 5.69 Å². The largest absolute Gasteiger partial charge is 0.481 e. The van der Waals surface area contributed by atoms with Crippen LogP contribution in [0.1, 0.15) is 5.56 Å². The zero-order valence-corrected chi connectivity index (χ0v) is 8.01. The zero-order valence-electron chi connectivity index (χ0n) is 8.01. The van der Waals surface area contributed by atoms with E-state index in [0.717, 1.165) is 0 Å². The fourth-order valence-corrected chi connectivity index (χ4v) is 1.54. The molecule has 0 bridgehead atoms. The van der Waals surface area contributed by atoms with Gasteiger partial charge in [0.15, 0.2) is 5.52 Å². The molecule has 0 fully saturated rings. The van der Waals surface area contributed by atoms with Gasteiger partial charge in [0, 0.05) is 5.56 Å². The zero-order chi connectivity index (χ0) is 11.7. The van der Waals surface area contributed by atoms with Crippen LogP contribution in [0.3, 0.4) is 0 Å². The number of nitro groups is 1. The summed E-state index contributed by atoms with van der Waals surface area (Å²) in [6.45, 7) is 0. The SMILES string of the molecule is O=C(O)Cc1ccc2[nH]cnc2c1[N+](=O)[O-]. The third-order valence-electron chi connectivity index (χ3n) is 2.17. The van der Waals surface area contributed by atoms with Gasteiger partial charge in [0.2, 0.25) is 0 Å². The third kappa shape index (κ3) is 1.58. The molecule has 0 unspecified atom stereocenters. The van der Waals surface area contributed by atoms with Crippen LogP contribution in [0.5, 0.6) is 0 Å². The molecular formula is C9H7N3O4. The quantitative estimate of drug-likeness (QED) is 0.595. The normalized spacial score (nSPS) is 10.5. The molecule has 0 saturated carbocycles. The lowest BCUT2D eigenvalue weighted by molar-refractivity contribution is -0.383. The van der Waals surface area contributed by atoms with E-state index in [1.165, 1.54) is 12.4 Å². The van der Waals surface area contributed by atoms with Crippen LogP contribution in [0.2, 0.25) is 0 Å². The molecule has 0 aliphatic rings. The highest BCUT2D eigenvalue weighted by Crippen LogP contribution is 2.27. The lowest BCUT2D eigenvalue weighted by atomic mass is 10.1. The summed E-state index contributed by atoms with van der Waals surface area (Å²) in [4.78, 5) is 27.4. The Bertz CT molecular complexity index is 575. The Morgan fingerprint density at radius 3 is 2.94 bits per heavy atom. The van der Waals surface area contributed by atoms with Crippen molar-refractivity contribution in [3.63, 3.8) is 0 Å². The first kappa shape index (κ1) is 10.1. The predicted octanol–water partition coefficient (Wildman–Crippen LogP) is 1.10. The lowest BCUT2D eigenvalue weighted by Gasteiger charge is -2.00. The average molecular weight is 221 g/mol. The maximum absolute atomic E-state index is 10.9. The van der Waals surface area contributed by atoms with Gasteiger partial charge in [-0.05, 0) is 12.1 Å². The first-order valence-electron chi connectivity index (χ1n) is 4.40. The molecule has 2 rings (SSSR count). The summed E-state index contributed by atoms with van der Waals surface area (Å²) < 4.78 is 0. The molecule has 16 heavy (non-hydrogen) atoms. The summed E-state index contributed by atoms with van der Waals surface area (Å²) in [5, 5.41) is 19.5. The van der Waals surface area contributed by atoms with Crippen LogP contribution in [0, 0.1) is 10.1 Å². The van der Waals surface area contributed by atoms with Crippen LogP contribution in [0.15, 0.2) is 18.5 Å². The minimum absolute atomic E-state index is 0.150. The highest BCUT2D eigenvalue weighted by molar-refractivity contribution is 5.87. The second-order valence-corrected chi connectivity index (χ2v) is 3.20. The van der Waals surface area contributed by atoms with Gasteiger partial charge in [-0.3, -0.25) is 14.9 Å². The number of benzene rings is 1. The van der Waals surface area contributed by atoms with Gasteiger partial charge in [-0.1, -0.05) is 0 Å². The van der Waals surface area contributed by atoms with Gasteiger partial charge in [-0.25, -0.2) is 4.98 Å². The molecule has 2 aromatic rings. The Morgan fingerprint density at radius 1 is 1.56 bits per heavy atom. The van der Waals surface area contributed by atoms with Crippen LogP contribution >= 0.6 is 0 Å². The molecule has 0 amide bonds. The van der Waals surface area contributed by atoms with E-state index >= 15 is 0 Å². The van der Waals surface area contributed by atoms with Crippen molar-refractivity contribution < 1.29 is 14.8 Å². The minimum atomic E-state index is -1.11. The summed E-state index contributed by atoms with van der Waals surface area (Å²) in [7, 11) is 0. The topological polar surface area (TPSA) is 109 Å². The number of nitrogens with zero attached hydrogens (tertiary/aromatic N) is 2. The van der Waals surface area contributed by atoms with Crippen LogP contribution < -0.4 is 0 Å². The molecule has 2 N–H and O–H groups in total. The standard InChI is InChI=1S/C9H7N3O4/c13-7(14)3-5-1-2-6-8(11-4-10-6)9(5)12(15)16/h1-2,4H,3H2,(H,10,11)(H,13,14). The van der Waals surface area contributed by atoms with E-state index in [4.69, 9.17) is 5.11 Å². The average Bonchev–Trinajstić information content (AvgIpc) is 2.63. The number of carboxylic acid groups (broad SMARTS) is 1. The Labute approximate surface area is 88.9 Å². The Hall–Kier alpha value is -2.44. The van der Waals surface area contributed by atoms with Crippen LogP contribution in [-0.4, -0.2) is 26.0 Å². The number of aromatic nitrogens is 2. The number of rotatable bonds is 3. The van der Waals surface area contributed by atoms with Crippen molar-refractivity contribution in [2.75, 3.05) is 0 Å². The van der Waals surface area contributed by atoms with E-state index in [-0.39, 0.29) is 23.2 Å². The fraction of sp³-hybridized carbons (Fsp3) is 0.111. The molecule has 82 valence electrons. The first-order valence-corrected chi connectivity index (χ1v) is 4.40. The molecular weight excluding hydrogens is 214 g/mol. The van der Waals surface area contributed by atoms with Gasteiger partial charge in [0.05, 0.1) is 23.2 Å². The summed E-state index contributed by atoms with van der Waals surface area (Å²) in [6.07, 6.45) is 0.946. The van der Waals surface area contributed by atoms with Crippen LogP contribution in [-0.2, 0) is 11.2 Å². The summed E-state index contributed by atoms with van der Waals surface area (Å²) >= 11 is 0. The van der Waals surface area contributed by atoms with Gasteiger partial charge in [-0.2, -0.15) is 0 Å². The van der Waals surface area contributed by atoms with Crippen molar-refractivity contribution in [2.24, 2.45) is 0 Å². The number of fused-ring (bicyclic) bond motifs is 1. The van der Waals surface area contributed by atoms with Crippen molar-refractivity contribution in [1.82, 2.24) is 9.97 Å². The van der Waals surface area contributed by atoms with Gasteiger partial charge in [0.25, 0.3) is 0 Å². The Morgan fingerprint density at radius 2 is 2.31 bits per heavy atom. The van der Waals surface area contributed by atoms with E-state index in [2.05, 4.69) is 9.97 Å². The molecule has 7 heteroatoms. The number of imidazole rings is 1. The van der Waals surface area contributed by atoms with Crippen molar-refractivity contribution >= 4 is 22.7 Å². The number of nitrogens with one attached hydrogen (secondary N) is 1. The summed E-state index contributed by atoms with van der Waals surface area (Å²) in [5.41, 5.74) is 0.600. The first-order chi connectivity index (χ1) is 7.59. The van der Waals surface area contributed by atoms with E-state index in [0.29, 0.717) is 5.52 Å². The number of nitro benzene ring substituents is 1. The molecule has 0 spiro atoms. The van der Waals surface area contributed by atoms with Gasteiger partial charge in [0.1, 0.15) is 0 Å². The van der Waals surface area contributed by atoms with E-state index < -0.39 is 10.9 Å². The minimum Gasteiger partial charge on any atom is -0.481 e. The van der Waals surface area contributed by atoms with Crippen molar-refractivity contribution in [2.45, 2.75) is 6.42 Å². The van der Waals surface area contributed by atoms with E-state index in [1.807, 2.05) is 0 Å². The maximum Gasteiger partial charge on any atom is 0.308 e. The Balaban J connectivity index is 2.68. The lowest BCUT2D eigenvalue weighted by Crippen LogP contribution is -2.04. The second kappa shape index (κ2) is 3.61. The highest BCUT2D eigenvalue weighted by atomic mass is 16.6. The Kier molecular flexibility index (Phi) is 2.28. The smallest absolute Gasteiger partial charge is 0.308 e. The van der Waals surface area contributed by atoms with Crippen molar-refractivity contribution in [1.29, 1.82) is 0 Å². The van der Waals surface area contributed by atoms with Crippen molar-refractivity contribution in [3.05, 3.63) is 34.1 Å². The van der Waals surface area contributed by atoms with E-state index in [9.17, 15) is 14.9 Å². The van der Waals surface area contributed by atoms with Gasteiger partial charge in [-0.15, -0.1) is 0 Å². The molecule has 0 atom stereocenters. The fourth-order valence-electron chi connectivity index (χ4n) is 1.54. The summed E-state index contributed by atoms with van der Waals surface area (Å²) in [6, 6.07) is 3.00. The molecule has 1 heterocycles. The number of hydrogen-bond acceptors (Lipinski definition) is 4. The number of carboxylic acids is 1. The molecule has 7 nitrogen and oxygen atoms in total.